The molecule has 4 unspecified atom stereocenters. The minimum Gasteiger partial charge on any atom is -0.487 e. The van der Waals surface area contributed by atoms with Gasteiger partial charge >= 0.3 is 0 Å². The van der Waals surface area contributed by atoms with Gasteiger partial charge in [0.05, 0.1) is 6.04 Å². The Labute approximate surface area is 215 Å². The Balaban J connectivity index is 2.04. The molecule has 36 heavy (non-hydrogen) atoms. The Morgan fingerprint density at radius 3 is 2.44 bits per heavy atom. The van der Waals surface area contributed by atoms with Crippen LogP contribution in [0.5, 0.6) is 5.75 Å². The molecule has 1 aromatic carbocycles. The van der Waals surface area contributed by atoms with Crippen LogP contribution in [0.3, 0.4) is 0 Å². The van der Waals surface area contributed by atoms with E-state index in [2.05, 4.69) is 24.5 Å². The van der Waals surface area contributed by atoms with Crippen molar-refractivity contribution in [3.8, 4) is 5.75 Å². The largest absolute Gasteiger partial charge is 0.487 e. The number of hydrogen-bond acceptors (Lipinski definition) is 5. The standard InChI is InChI=1S/C28H42N4O4/c1-18(2)17-23(31(5)6)27(34)30-24-25(19(3)4)36-21-12-10-20(11-13-21)14-15-29-26(33)22-9-7-8-16-32(22)28(24)35/h10-15,18-19,22-25H,7-9,16-17H2,1-6H3,(H,29,33)(H,30,34). The number of piperidine rings is 1. The highest BCUT2D eigenvalue weighted by Crippen LogP contribution is 2.25. The average molecular weight is 499 g/mol. The Hall–Kier alpha value is -2.87. The summed E-state index contributed by atoms with van der Waals surface area (Å²) < 4.78 is 6.38. The lowest BCUT2D eigenvalue weighted by Gasteiger charge is -2.40. The lowest BCUT2D eigenvalue weighted by molar-refractivity contribution is -0.148. The van der Waals surface area contributed by atoms with Gasteiger partial charge in [-0.05, 0) is 75.4 Å². The van der Waals surface area contributed by atoms with Gasteiger partial charge in [0.15, 0.2) is 0 Å². The number of likely N-dealkylation sites (N-methyl/N-ethyl adjacent to an activating group) is 1. The molecule has 3 heterocycles. The highest BCUT2D eigenvalue weighted by atomic mass is 16.5. The van der Waals surface area contributed by atoms with Gasteiger partial charge in [-0.15, -0.1) is 0 Å². The molecule has 2 N–H and O–H groups in total. The van der Waals surface area contributed by atoms with Crippen LogP contribution in [0.1, 0.15) is 58.9 Å². The Bertz CT molecular complexity index is 941. The van der Waals surface area contributed by atoms with Crippen LogP contribution in [-0.2, 0) is 14.4 Å². The maximum absolute atomic E-state index is 14.1. The molecule has 8 heteroatoms. The van der Waals surface area contributed by atoms with E-state index in [9.17, 15) is 14.4 Å². The zero-order chi connectivity index (χ0) is 26.4. The molecule has 0 spiro atoms. The van der Waals surface area contributed by atoms with E-state index in [4.69, 9.17) is 4.74 Å². The fraction of sp³-hybridized carbons (Fsp3) is 0.607. The predicted molar refractivity (Wildman–Crippen MR) is 141 cm³/mol. The van der Waals surface area contributed by atoms with Gasteiger partial charge in [-0.3, -0.25) is 19.3 Å². The maximum atomic E-state index is 14.1. The van der Waals surface area contributed by atoms with E-state index in [1.54, 1.807) is 11.1 Å². The van der Waals surface area contributed by atoms with Crippen LogP contribution in [0.4, 0.5) is 0 Å². The molecule has 0 aliphatic carbocycles. The molecule has 0 aromatic heterocycles. The van der Waals surface area contributed by atoms with Crippen molar-refractivity contribution in [3.05, 3.63) is 36.0 Å². The first-order chi connectivity index (χ1) is 17.1. The second kappa shape index (κ2) is 12.4. The second-order valence-corrected chi connectivity index (χ2v) is 10.9. The minimum atomic E-state index is -0.932. The normalized spacial score (nSPS) is 23.8. The van der Waals surface area contributed by atoms with Gasteiger partial charge in [0, 0.05) is 12.7 Å². The summed E-state index contributed by atoms with van der Waals surface area (Å²) in [7, 11) is 3.75. The van der Waals surface area contributed by atoms with Crippen molar-refractivity contribution in [3.63, 3.8) is 0 Å². The number of benzene rings is 1. The van der Waals surface area contributed by atoms with Gasteiger partial charge in [0.1, 0.15) is 23.9 Å². The Kier molecular flexibility index (Phi) is 9.54. The third kappa shape index (κ3) is 6.87. The van der Waals surface area contributed by atoms with Crippen molar-refractivity contribution < 1.29 is 19.1 Å². The summed E-state index contributed by atoms with van der Waals surface area (Å²) in [5.41, 5.74) is 0.921. The molecule has 198 valence electrons. The Morgan fingerprint density at radius 1 is 1.14 bits per heavy atom. The number of ether oxygens (including phenoxy) is 1. The quantitative estimate of drug-likeness (QED) is 0.629. The molecular weight excluding hydrogens is 456 g/mol. The van der Waals surface area contributed by atoms with Gasteiger partial charge in [0.25, 0.3) is 0 Å². The van der Waals surface area contributed by atoms with Crippen molar-refractivity contribution in [2.24, 2.45) is 11.8 Å². The highest BCUT2D eigenvalue weighted by molar-refractivity contribution is 5.94. The molecule has 3 aliphatic heterocycles. The smallest absolute Gasteiger partial charge is 0.249 e. The molecule has 1 aromatic rings. The van der Waals surface area contributed by atoms with Crippen LogP contribution in [0.2, 0.25) is 0 Å². The first-order valence-electron chi connectivity index (χ1n) is 13.1. The Morgan fingerprint density at radius 2 is 1.83 bits per heavy atom. The monoisotopic (exact) mass is 498 g/mol. The summed E-state index contributed by atoms with van der Waals surface area (Å²) in [5, 5.41) is 5.91. The van der Waals surface area contributed by atoms with E-state index in [0.717, 1.165) is 18.4 Å². The number of nitrogens with zero attached hydrogens (tertiary/aromatic N) is 2. The molecule has 3 amide bonds. The van der Waals surface area contributed by atoms with Gasteiger partial charge < -0.3 is 20.3 Å². The highest BCUT2D eigenvalue weighted by Gasteiger charge is 2.42. The number of rotatable bonds is 6. The van der Waals surface area contributed by atoms with Crippen LogP contribution < -0.4 is 15.4 Å². The zero-order valence-electron chi connectivity index (χ0n) is 22.5. The van der Waals surface area contributed by atoms with Crippen LogP contribution in [0, 0.1) is 11.8 Å². The van der Waals surface area contributed by atoms with Crippen molar-refractivity contribution >= 4 is 23.8 Å². The SMILES string of the molecule is CC(C)CC(C(=O)NC1C(=O)N2CCCCC2C(=O)NC=Cc2ccc(cc2)OC1C(C)C)N(C)C. The molecule has 2 bridgehead atoms. The topological polar surface area (TPSA) is 91.0 Å². The summed E-state index contributed by atoms with van der Waals surface area (Å²) in [5.74, 6) is 0.153. The van der Waals surface area contributed by atoms with Crippen molar-refractivity contribution in [2.45, 2.75) is 77.6 Å². The van der Waals surface area contributed by atoms with Crippen molar-refractivity contribution in [1.29, 1.82) is 0 Å². The lowest BCUT2D eigenvalue weighted by atomic mass is 9.94. The summed E-state index contributed by atoms with van der Waals surface area (Å²) in [6.07, 6.45) is 5.75. The van der Waals surface area contributed by atoms with Crippen LogP contribution in [0.15, 0.2) is 30.5 Å². The molecular formula is C28H42N4O4. The molecule has 0 saturated carbocycles. The van der Waals surface area contributed by atoms with E-state index in [0.29, 0.717) is 31.1 Å². The number of carbonyl (C=O) groups is 3. The first-order valence-corrected chi connectivity index (χ1v) is 13.1. The molecule has 4 atom stereocenters. The third-order valence-electron chi connectivity index (χ3n) is 6.91. The van der Waals surface area contributed by atoms with E-state index >= 15 is 0 Å². The molecule has 4 rings (SSSR count). The number of carbonyl (C=O) groups excluding carboxylic acids is 3. The van der Waals surface area contributed by atoms with Gasteiger partial charge in [0.2, 0.25) is 17.7 Å². The van der Waals surface area contributed by atoms with Crippen molar-refractivity contribution in [1.82, 2.24) is 20.4 Å². The third-order valence-corrected chi connectivity index (χ3v) is 6.91. The molecule has 0 radical (unpaired) electrons. The lowest BCUT2D eigenvalue weighted by Crippen LogP contribution is -2.63. The molecule has 1 saturated heterocycles. The maximum Gasteiger partial charge on any atom is 0.249 e. The van der Waals surface area contributed by atoms with Gasteiger partial charge in [-0.25, -0.2) is 0 Å². The number of hydrogen-bond donors (Lipinski definition) is 2. The molecule has 8 nitrogen and oxygen atoms in total. The van der Waals surface area contributed by atoms with Gasteiger partial charge in [-0.2, -0.15) is 0 Å². The molecule has 1 fully saturated rings. The van der Waals surface area contributed by atoms with E-state index in [1.807, 2.05) is 63.2 Å². The summed E-state index contributed by atoms with van der Waals surface area (Å²) in [4.78, 5) is 44.3. The predicted octanol–water partition coefficient (Wildman–Crippen LogP) is 3.03. The summed E-state index contributed by atoms with van der Waals surface area (Å²) in [6.45, 7) is 8.58. The number of amides is 3. The van der Waals surface area contributed by atoms with Crippen LogP contribution in [0.25, 0.3) is 6.08 Å². The van der Waals surface area contributed by atoms with E-state index in [1.165, 1.54) is 0 Å². The zero-order valence-corrected chi connectivity index (χ0v) is 22.5. The number of fused-ring (bicyclic) bond motifs is 7. The van der Waals surface area contributed by atoms with Gasteiger partial charge in [-0.1, -0.05) is 39.8 Å². The average Bonchev–Trinajstić information content (AvgIpc) is 2.84. The van der Waals surface area contributed by atoms with E-state index < -0.39 is 18.2 Å². The summed E-state index contributed by atoms with van der Waals surface area (Å²) >= 11 is 0. The van der Waals surface area contributed by atoms with Crippen LogP contribution in [-0.4, -0.2) is 72.4 Å². The first kappa shape index (κ1) is 27.7. The number of nitrogens with one attached hydrogen (secondary N) is 2. The minimum absolute atomic E-state index is 0.0771. The van der Waals surface area contributed by atoms with E-state index in [-0.39, 0.29) is 29.7 Å². The fourth-order valence-corrected chi connectivity index (χ4v) is 4.90. The second-order valence-electron chi connectivity index (χ2n) is 10.9. The molecule has 3 aliphatic rings. The van der Waals surface area contributed by atoms with Crippen molar-refractivity contribution in [2.75, 3.05) is 20.6 Å². The van der Waals surface area contributed by atoms with Crippen LogP contribution >= 0.6 is 0 Å². The fourth-order valence-electron chi connectivity index (χ4n) is 4.90. The summed E-state index contributed by atoms with van der Waals surface area (Å²) in [6, 6.07) is 5.57.